The highest BCUT2D eigenvalue weighted by molar-refractivity contribution is 6.75. The Kier molecular flexibility index (Phi) is 7.40. The zero-order valence-corrected chi connectivity index (χ0v) is 14.3. The molecule has 0 aliphatic rings. The normalized spacial score (nSPS) is 13.5. The average molecular weight is 321 g/mol. The Labute approximate surface area is 127 Å². The largest absolute Gasteiger partial charge is 0.394 e. The Morgan fingerprint density at radius 3 is 1.95 bits per heavy atom. The van der Waals surface area contributed by atoms with Crippen LogP contribution in [0.1, 0.15) is 25.0 Å². The summed E-state index contributed by atoms with van der Waals surface area (Å²) in [6, 6.07) is 8.21. The van der Waals surface area contributed by atoms with E-state index in [9.17, 15) is 0 Å². The second kappa shape index (κ2) is 8.27. The summed E-state index contributed by atoms with van der Waals surface area (Å²) >= 11 is 12.3. The molecule has 1 aromatic rings. The molecular formula is C14H22Cl2O2Si. The maximum atomic E-state index is 6.54. The van der Waals surface area contributed by atoms with E-state index in [0.717, 1.165) is 12.0 Å². The number of alkyl halides is 2. The van der Waals surface area contributed by atoms with Crippen molar-refractivity contribution in [2.75, 3.05) is 13.2 Å². The lowest BCUT2D eigenvalue weighted by atomic mass is 10.1. The van der Waals surface area contributed by atoms with Gasteiger partial charge in [-0.05, 0) is 37.9 Å². The smallest absolute Gasteiger partial charge is 0.353 e. The van der Waals surface area contributed by atoms with E-state index < -0.39 is 8.56 Å². The molecule has 1 aromatic carbocycles. The van der Waals surface area contributed by atoms with Crippen LogP contribution in [0.3, 0.4) is 0 Å². The first-order chi connectivity index (χ1) is 9.05. The van der Waals surface area contributed by atoms with Gasteiger partial charge in [-0.3, -0.25) is 0 Å². The van der Waals surface area contributed by atoms with Gasteiger partial charge in [-0.1, -0.05) is 24.3 Å². The van der Waals surface area contributed by atoms with Crippen LogP contribution in [0, 0.1) is 0 Å². The first-order valence-corrected chi connectivity index (χ1v) is 9.98. The third kappa shape index (κ3) is 5.08. The van der Waals surface area contributed by atoms with E-state index in [1.165, 1.54) is 5.56 Å². The Hall–Kier alpha value is -0.0631. The summed E-state index contributed by atoms with van der Waals surface area (Å²) in [6.07, 6.45) is 0.757. The van der Waals surface area contributed by atoms with Crippen LogP contribution >= 0.6 is 23.2 Å². The van der Waals surface area contributed by atoms with Crippen LogP contribution in [-0.2, 0) is 21.2 Å². The molecule has 19 heavy (non-hydrogen) atoms. The van der Waals surface area contributed by atoms with Crippen molar-refractivity contribution in [1.29, 1.82) is 0 Å². The number of hydrogen-bond acceptors (Lipinski definition) is 2. The molecule has 0 heterocycles. The van der Waals surface area contributed by atoms with Crippen molar-refractivity contribution in [3.63, 3.8) is 0 Å². The molecule has 0 saturated heterocycles. The van der Waals surface area contributed by atoms with Crippen molar-refractivity contribution in [2.24, 2.45) is 0 Å². The van der Waals surface area contributed by atoms with Crippen LogP contribution < -0.4 is 0 Å². The summed E-state index contributed by atoms with van der Waals surface area (Å²) in [5, 5.41) is -0.103. The van der Waals surface area contributed by atoms with E-state index >= 15 is 0 Å². The topological polar surface area (TPSA) is 18.5 Å². The van der Waals surface area contributed by atoms with Gasteiger partial charge in [-0.2, -0.15) is 0 Å². The van der Waals surface area contributed by atoms with Gasteiger partial charge in [0.25, 0.3) is 0 Å². The van der Waals surface area contributed by atoms with Crippen molar-refractivity contribution < 1.29 is 8.85 Å². The Balaban J connectivity index is 2.71. The first-order valence-electron chi connectivity index (χ1n) is 6.61. The lowest BCUT2D eigenvalue weighted by molar-refractivity contribution is 0.186. The molecule has 0 saturated carbocycles. The van der Waals surface area contributed by atoms with Gasteiger partial charge in [0.2, 0.25) is 0 Å². The van der Waals surface area contributed by atoms with Gasteiger partial charge in [-0.15, -0.1) is 23.2 Å². The van der Waals surface area contributed by atoms with Gasteiger partial charge < -0.3 is 8.85 Å². The molecule has 0 spiro atoms. The van der Waals surface area contributed by atoms with Crippen molar-refractivity contribution in [2.45, 2.75) is 37.7 Å². The number of hydrogen-bond donors (Lipinski definition) is 0. The van der Waals surface area contributed by atoms with Gasteiger partial charge in [0, 0.05) is 19.1 Å². The molecule has 0 amide bonds. The van der Waals surface area contributed by atoms with Crippen LogP contribution in [0.2, 0.25) is 6.55 Å². The molecule has 1 unspecified atom stereocenters. The lowest BCUT2D eigenvalue weighted by Gasteiger charge is -2.30. The second-order valence-electron chi connectivity index (χ2n) is 4.50. The highest BCUT2D eigenvalue weighted by atomic mass is 35.5. The first kappa shape index (κ1) is 17.0. The summed E-state index contributed by atoms with van der Waals surface area (Å²) in [6.45, 7) is 7.26. The molecule has 0 N–H and O–H groups in total. The number of halogens is 2. The molecule has 2 nitrogen and oxygen atoms in total. The van der Waals surface area contributed by atoms with E-state index in [2.05, 4.69) is 12.1 Å². The highest BCUT2D eigenvalue weighted by Crippen LogP contribution is 2.22. The average Bonchev–Trinajstić information content (AvgIpc) is 2.40. The van der Waals surface area contributed by atoms with E-state index in [0.29, 0.717) is 19.1 Å². The molecule has 0 fully saturated rings. The van der Waals surface area contributed by atoms with Crippen molar-refractivity contribution >= 4 is 31.8 Å². The molecule has 1 rings (SSSR count). The van der Waals surface area contributed by atoms with Crippen LogP contribution in [0.5, 0.6) is 0 Å². The Bertz CT molecular complexity index is 364. The van der Waals surface area contributed by atoms with Gasteiger partial charge in [0.15, 0.2) is 0 Å². The minimum atomic E-state index is -2.32. The zero-order valence-electron chi connectivity index (χ0n) is 11.8. The van der Waals surface area contributed by atoms with Crippen LogP contribution in [-0.4, -0.2) is 26.8 Å². The zero-order chi connectivity index (χ0) is 14.3. The van der Waals surface area contributed by atoms with Gasteiger partial charge in [0.1, 0.15) is 0 Å². The Morgan fingerprint density at radius 2 is 1.53 bits per heavy atom. The highest BCUT2D eigenvalue weighted by Gasteiger charge is 2.39. The van der Waals surface area contributed by atoms with Crippen LogP contribution in [0.25, 0.3) is 0 Å². The predicted molar refractivity (Wildman–Crippen MR) is 84.2 cm³/mol. The lowest BCUT2D eigenvalue weighted by Crippen LogP contribution is -2.49. The fourth-order valence-electron chi connectivity index (χ4n) is 1.95. The molecule has 0 radical (unpaired) electrons. The van der Waals surface area contributed by atoms with Crippen LogP contribution in [0.4, 0.5) is 0 Å². The summed E-state index contributed by atoms with van der Waals surface area (Å²) < 4.78 is 11.6. The Morgan fingerprint density at radius 1 is 1.05 bits per heavy atom. The maximum Gasteiger partial charge on any atom is 0.353 e. The van der Waals surface area contributed by atoms with Crippen molar-refractivity contribution in [3.05, 3.63) is 35.4 Å². The van der Waals surface area contributed by atoms with Crippen LogP contribution in [0.15, 0.2) is 24.3 Å². The third-order valence-corrected chi connectivity index (χ3v) is 7.74. The summed E-state index contributed by atoms with van der Waals surface area (Å²) in [7, 11) is -2.32. The fourth-order valence-corrected chi connectivity index (χ4v) is 4.88. The van der Waals surface area contributed by atoms with Gasteiger partial charge in [-0.25, -0.2) is 0 Å². The molecule has 1 atom stereocenters. The molecule has 0 bridgehead atoms. The SMILES string of the molecule is CCO[Si](C)(OCC)C(Cl)Cc1ccc(CCl)cc1. The summed E-state index contributed by atoms with van der Waals surface area (Å²) in [5.41, 5.74) is 2.30. The summed E-state index contributed by atoms with van der Waals surface area (Å²) in [5.74, 6) is 0.537. The third-order valence-electron chi connectivity index (χ3n) is 3.02. The van der Waals surface area contributed by atoms with Crippen molar-refractivity contribution in [3.8, 4) is 0 Å². The predicted octanol–water partition coefficient (Wildman–Crippen LogP) is 4.26. The molecule has 108 valence electrons. The van der Waals surface area contributed by atoms with E-state index in [1.807, 2.05) is 32.5 Å². The monoisotopic (exact) mass is 320 g/mol. The number of rotatable bonds is 8. The molecule has 0 aromatic heterocycles. The fraction of sp³-hybridized carbons (Fsp3) is 0.571. The molecule has 0 aliphatic carbocycles. The summed E-state index contributed by atoms with van der Waals surface area (Å²) in [4.78, 5) is 0. The number of benzene rings is 1. The molecule has 0 aliphatic heterocycles. The standard InChI is InChI=1S/C14H22Cl2O2Si/c1-4-17-19(3,18-5-2)14(16)10-12-6-8-13(11-15)9-7-12/h6-9,14H,4-5,10-11H2,1-3H3. The minimum absolute atomic E-state index is 0.103. The van der Waals surface area contributed by atoms with Gasteiger partial charge in [0.05, 0.1) is 5.00 Å². The molecule has 5 heteroatoms. The maximum absolute atomic E-state index is 6.54. The minimum Gasteiger partial charge on any atom is -0.394 e. The van der Waals surface area contributed by atoms with Crippen molar-refractivity contribution in [1.82, 2.24) is 0 Å². The van der Waals surface area contributed by atoms with E-state index in [-0.39, 0.29) is 5.00 Å². The van der Waals surface area contributed by atoms with E-state index in [4.69, 9.17) is 32.1 Å². The second-order valence-corrected chi connectivity index (χ2v) is 8.97. The molecular weight excluding hydrogens is 299 g/mol. The van der Waals surface area contributed by atoms with E-state index in [1.54, 1.807) is 0 Å². The van der Waals surface area contributed by atoms with Gasteiger partial charge >= 0.3 is 8.56 Å². The quantitative estimate of drug-likeness (QED) is 0.526.